The van der Waals surface area contributed by atoms with Crippen molar-refractivity contribution < 1.29 is 0 Å². The minimum Gasteiger partial charge on any atom is -0.361 e. The minimum absolute atomic E-state index is 0.938. The summed E-state index contributed by atoms with van der Waals surface area (Å²) in [4.78, 5) is 3.33. The average molecular weight is 238 g/mol. The molecule has 0 fully saturated rings. The van der Waals surface area contributed by atoms with Crippen LogP contribution < -0.4 is 0 Å². The van der Waals surface area contributed by atoms with Crippen LogP contribution in [0.25, 0.3) is 10.9 Å². The Morgan fingerprint density at radius 1 is 1.17 bits per heavy atom. The highest BCUT2D eigenvalue weighted by atomic mass is 14.9. The van der Waals surface area contributed by atoms with Gasteiger partial charge in [0.2, 0.25) is 0 Å². The minimum atomic E-state index is 0.938. The van der Waals surface area contributed by atoms with Gasteiger partial charge in [-0.25, -0.2) is 0 Å². The summed E-state index contributed by atoms with van der Waals surface area (Å²) >= 11 is 0. The topological polar surface area (TPSA) is 20.7 Å². The van der Waals surface area contributed by atoms with Crippen LogP contribution in [0.2, 0.25) is 0 Å². The highest BCUT2D eigenvalue weighted by Crippen LogP contribution is 2.19. The highest BCUT2D eigenvalue weighted by molar-refractivity contribution is 5.82. The fourth-order valence-corrected chi connectivity index (χ4v) is 2.48. The van der Waals surface area contributed by atoms with Gasteiger partial charge >= 0.3 is 0 Å². The van der Waals surface area contributed by atoms with Crippen LogP contribution in [0.1, 0.15) is 24.5 Å². The molecule has 0 atom stereocenters. The molecule has 18 heavy (non-hydrogen) atoms. The number of benzene rings is 1. The smallest absolute Gasteiger partial charge is 0.0491 e. The van der Waals surface area contributed by atoms with Crippen LogP contribution in [0.4, 0.5) is 0 Å². The van der Waals surface area contributed by atoms with E-state index in [0.717, 1.165) is 6.54 Å². The van der Waals surface area contributed by atoms with Gasteiger partial charge in [-0.05, 0) is 29.7 Å². The Kier molecular flexibility index (Phi) is 2.93. The Balaban J connectivity index is 1.87. The van der Waals surface area contributed by atoms with Crippen molar-refractivity contribution in [2.45, 2.75) is 26.3 Å². The Hall–Kier alpha value is -1.96. The number of aromatic amines is 1. The SMILES string of the molecule is CCCc1ccn(Cc2c[nH]c3ccccc23)c1. The lowest BCUT2D eigenvalue weighted by Crippen LogP contribution is -1.95. The maximum Gasteiger partial charge on any atom is 0.0491 e. The van der Waals surface area contributed by atoms with Crippen LogP contribution in [-0.4, -0.2) is 9.55 Å². The van der Waals surface area contributed by atoms with Gasteiger partial charge in [-0.1, -0.05) is 31.5 Å². The molecule has 0 aliphatic rings. The zero-order valence-corrected chi connectivity index (χ0v) is 10.7. The fraction of sp³-hybridized carbons (Fsp3) is 0.250. The summed E-state index contributed by atoms with van der Waals surface area (Å²) in [5, 5.41) is 1.32. The molecule has 0 radical (unpaired) electrons. The van der Waals surface area contributed by atoms with Gasteiger partial charge in [-0.3, -0.25) is 0 Å². The molecule has 0 amide bonds. The summed E-state index contributed by atoms with van der Waals surface area (Å²) < 4.78 is 2.26. The van der Waals surface area contributed by atoms with E-state index in [-0.39, 0.29) is 0 Å². The highest BCUT2D eigenvalue weighted by Gasteiger charge is 2.03. The van der Waals surface area contributed by atoms with Gasteiger partial charge in [0.25, 0.3) is 0 Å². The number of nitrogens with zero attached hydrogens (tertiary/aromatic N) is 1. The van der Waals surface area contributed by atoms with Crippen LogP contribution >= 0.6 is 0 Å². The lowest BCUT2D eigenvalue weighted by molar-refractivity contribution is 0.803. The van der Waals surface area contributed by atoms with E-state index in [0.29, 0.717) is 0 Å². The first kappa shape index (κ1) is 11.1. The average Bonchev–Trinajstić information content (AvgIpc) is 2.99. The van der Waals surface area contributed by atoms with E-state index in [1.54, 1.807) is 0 Å². The van der Waals surface area contributed by atoms with Crippen molar-refractivity contribution in [3.63, 3.8) is 0 Å². The van der Waals surface area contributed by atoms with Crippen molar-refractivity contribution in [2.75, 3.05) is 0 Å². The summed E-state index contributed by atoms with van der Waals surface area (Å²) in [5.41, 5.74) is 4.00. The fourth-order valence-electron chi connectivity index (χ4n) is 2.48. The summed E-state index contributed by atoms with van der Waals surface area (Å²) in [6, 6.07) is 10.7. The zero-order valence-electron chi connectivity index (χ0n) is 10.7. The molecule has 1 aromatic carbocycles. The second kappa shape index (κ2) is 4.73. The first-order chi connectivity index (χ1) is 8.86. The van der Waals surface area contributed by atoms with Crippen LogP contribution in [0.15, 0.2) is 48.9 Å². The van der Waals surface area contributed by atoms with Gasteiger partial charge < -0.3 is 9.55 Å². The van der Waals surface area contributed by atoms with E-state index in [4.69, 9.17) is 0 Å². The molecule has 3 rings (SSSR count). The number of rotatable bonds is 4. The Morgan fingerprint density at radius 2 is 2.06 bits per heavy atom. The number of H-pyrrole nitrogens is 1. The van der Waals surface area contributed by atoms with Crippen LogP contribution in [-0.2, 0) is 13.0 Å². The Labute approximate surface area is 107 Å². The standard InChI is InChI=1S/C16H18N2/c1-2-5-13-8-9-18(11-13)12-14-10-17-16-7-4-3-6-15(14)16/h3-4,6-11,17H,2,5,12H2,1H3. The largest absolute Gasteiger partial charge is 0.361 e. The van der Waals surface area contributed by atoms with E-state index in [1.165, 1.54) is 34.9 Å². The number of aryl methyl sites for hydroxylation is 1. The van der Waals surface area contributed by atoms with Crippen molar-refractivity contribution in [3.8, 4) is 0 Å². The van der Waals surface area contributed by atoms with Gasteiger partial charge in [0.1, 0.15) is 0 Å². The van der Waals surface area contributed by atoms with Crippen LogP contribution in [0, 0.1) is 0 Å². The molecule has 1 N–H and O–H groups in total. The number of nitrogens with one attached hydrogen (secondary N) is 1. The summed E-state index contributed by atoms with van der Waals surface area (Å²) in [7, 11) is 0. The van der Waals surface area contributed by atoms with E-state index in [9.17, 15) is 0 Å². The van der Waals surface area contributed by atoms with Crippen molar-refractivity contribution in [1.29, 1.82) is 0 Å². The van der Waals surface area contributed by atoms with E-state index in [1.807, 2.05) is 0 Å². The summed E-state index contributed by atoms with van der Waals surface area (Å²) in [5.74, 6) is 0. The monoisotopic (exact) mass is 238 g/mol. The number of fused-ring (bicyclic) bond motifs is 1. The molecule has 2 aromatic heterocycles. The number of para-hydroxylation sites is 1. The molecule has 2 heteroatoms. The third kappa shape index (κ3) is 2.06. The molecule has 0 spiro atoms. The summed E-state index contributed by atoms with van der Waals surface area (Å²) in [6.45, 7) is 3.16. The third-order valence-corrected chi connectivity index (χ3v) is 3.38. The van der Waals surface area contributed by atoms with E-state index >= 15 is 0 Å². The van der Waals surface area contributed by atoms with Crippen molar-refractivity contribution in [3.05, 3.63) is 60.0 Å². The second-order valence-corrected chi connectivity index (χ2v) is 4.80. The van der Waals surface area contributed by atoms with E-state index in [2.05, 4.69) is 65.4 Å². The van der Waals surface area contributed by atoms with Crippen LogP contribution in [0.5, 0.6) is 0 Å². The zero-order chi connectivity index (χ0) is 12.4. The molecule has 0 saturated carbocycles. The van der Waals surface area contributed by atoms with Crippen LogP contribution in [0.3, 0.4) is 0 Å². The third-order valence-electron chi connectivity index (χ3n) is 3.38. The maximum atomic E-state index is 3.33. The maximum absolute atomic E-state index is 3.33. The van der Waals surface area contributed by atoms with Gasteiger partial charge in [-0.15, -0.1) is 0 Å². The molecular weight excluding hydrogens is 220 g/mol. The predicted molar refractivity (Wildman–Crippen MR) is 75.8 cm³/mol. The van der Waals surface area contributed by atoms with Gasteiger partial charge in [0, 0.05) is 36.0 Å². The van der Waals surface area contributed by atoms with Gasteiger partial charge in [-0.2, -0.15) is 0 Å². The van der Waals surface area contributed by atoms with Gasteiger partial charge in [0.15, 0.2) is 0 Å². The number of aromatic nitrogens is 2. The molecule has 2 nitrogen and oxygen atoms in total. The lowest BCUT2D eigenvalue weighted by atomic mass is 10.2. The number of hydrogen-bond acceptors (Lipinski definition) is 0. The first-order valence-corrected chi connectivity index (χ1v) is 6.56. The molecule has 0 aliphatic carbocycles. The normalized spacial score (nSPS) is 11.2. The molecule has 3 aromatic rings. The van der Waals surface area contributed by atoms with Gasteiger partial charge in [0.05, 0.1) is 0 Å². The molecule has 0 bridgehead atoms. The first-order valence-electron chi connectivity index (χ1n) is 6.56. The lowest BCUT2D eigenvalue weighted by Gasteiger charge is -2.01. The predicted octanol–water partition coefficient (Wildman–Crippen LogP) is 3.97. The molecular formula is C16H18N2. The van der Waals surface area contributed by atoms with E-state index < -0.39 is 0 Å². The quantitative estimate of drug-likeness (QED) is 0.710. The summed E-state index contributed by atoms with van der Waals surface area (Å²) in [6.07, 6.45) is 8.92. The second-order valence-electron chi connectivity index (χ2n) is 4.80. The van der Waals surface area contributed by atoms with Crippen molar-refractivity contribution in [1.82, 2.24) is 9.55 Å². The number of hydrogen-bond donors (Lipinski definition) is 1. The van der Waals surface area contributed by atoms with Crippen molar-refractivity contribution >= 4 is 10.9 Å². The Bertz CT molecular complexity index is 646. The molecule has 92 valence electrons. The molecule has 0 saturated heterocycles. The van der Waals surface area contributed by atoms with Crippen molar-refractivity contribution in [2.24, 2.45) is 0 Å². The molecule has 0 unspecified atom stereocenters. The molecule has 2 heterocycles. The molecule has 0 aliphatic heterocycles. The Morgan fingerprint density at radius 3 is 2.94 bits per heavy atom.